The van der Waals surface area contributed by atoms with Crippen LogP contribution in [0.25, 0.3) is 0 Å². The highest BCUT2D eigenvalue weighted by Gasteiger charge is 2.46. The molecular formula is C37H42N2O6. The number of benzene rings is 3. The lowest BCUT2D eigenvalue weighted by Gasteiger charge is -2.45. The maximum Gasteiger partial charge on any atom is 0.260 e. The summed E-state index contributed by atoms with van der Waals surface area (Å²) in [5.74, 6) is 1.54. The number of piperidine rings is 1. The predicted octanol–water partition coefficient (Wildman–Crippen LogP) is 5.83. The fourth-order valence-corrected chi connectivity index (χ4v) is 7.40. The van der Waals surface area contributed by atoms with E-state index in [0.29, 0.717) is 17.9 Å². The first-order valence-corrected chi connectivity index (χ1v) is 15.7. The number of fused-ring (bicyclic) bond motifs is 2. The zero-order chi connectivity index (χ0) is 31.3. The van der Waals surface area contributed by atoms with E-state index in [1.807, 2.05) is 30.3 Å². The largest absolute Gasteiger partial charge is 0.504 e. The van der Waals surface area contributed by atoms with Crippen LogP contribution in [-0.4, -0.2) is 81.4 Å². The minimum atomic E-state index is -1.21. The third kappa shape index (κ3) is 5.40. The van der Waals surface area contributed by atoms with Gasteiger partial charge in [0, 0.05) is 51.0 Å². The molecule has 4 heterocycles. The number of nitrogens with zero attached hydrogens (tertiary/aromatic N) is 2. The van der Waals surface area contributed by atoms with Crippen LogP contribution in [-0.2, 0) is 28.7 Å². The molecule has 3 aromatic carbocycles. The van der Waals surface area contributed by atoms with E-state index in [0.717, 1.165) is 60.6 Å². The van der Waals surface area contributed by atoms with Crippen molar-refractivity contribution in [3.05, 3.63) is 100 Å². The van der Waals surface area contributed by atoms with E-state index < -0.39 is 11.9 Å². The Morgan fingerprint density at radius 1 is 0.844 bits per heavy atom. The quantitative estimate of drug-likeness (QED) is 0.398. The van der Waals surface area contributed by atoms with Gasteiger partial charge in [0.2, 0.25) is 0 Å². The minimum absolute atomic E-state index is 0.0506. The zero-order valence-corrected chi connectivity index (χ0v) is 26.7. The third-order valence-electron chi connectivity index (χ3n) is 10.0. The Labute approximate surface area is 265 Å². The molecule has 6 bridgehead atoms. The number of phenolic OH excluding ortho intramolecular Hbond substituents is 1. The van der Waals surface area contributed by atoms with Gasteiger partial charge in [-0.3, -0.25) is 9.80 Å². The molecule has 5 aliphatic rings. The van der Waals surface area contributed by atoms with Gasteiger partial charge in [0.05, 0.1) is 7.11 Å². The highest BCUT2D eigenvalue weighted by atomic mass is 16.7. The SMILES string of the molecule is COc1cc2c3c(c1)OC1(OC)C=C4C(=CC1OC)CCN(C)[C@@H]4Cc1ccc(O)c(c1)Oc1ccc(cc1)C[C@@H]3N(C)CC2. The molecule has 236 valence electrons. The molecule has 1 saturated heterocycles. The lowest BCUT2D eigenvalue weighted by Crippen LogP contribution is -2.53. The summed E-state index contributed by atoms with van der Waals surface area (Å²) in [6.45, 7) is 1.83. The monoisotopic (exact) mass is 610 g/mol. The van der Waals surface area contributed by atoms with Crippen molar-refractivity contribution in [1.82, 2.24) is 9.80 Å². The second-order valence-electron chi connectivity index (χ2n) is 12.6. The van der Waals surface area contributed by atoms with Crippen LogP contribution < -0.4 is 14.2 Å². The number of methoxy groups -OCH3 is 3. The smallest absolute Gasteiger partial charge is 0.260 e. The van der Waals surface area contributed by atoms with E-state index in [-0.39, 0.29) is 17.8 Å². The van der Waals surface area contributed by atoms with Crippen molar-refractivity contribution >= 4 is 0 Å². The Balaban J connectivity index is 1.44. The van der Waals surface area contributed by atoms with Gasteiger partial charge in [0.25, 0.3) is 5.79 Å². The van der Waals surface area contributed by atoms with E-state index in [4.69, 9.17) is 23.7 Å². The Morgan fingerprint density at radius 3 is 2.33 bits per heavy atom. The molecule has 1 aliphatic carbocycles. The first-order chi connectivity index (χ1) is 21.8. The molecule has 8 nitrogen and oxygen atoms in total. The Kier molecular flexibility index (Phi) is 7.86. The van der Waals surface area contributed by atoms with Crippen molar-refractivity contribution in [2.75, 3.05) is 48.5 Å². The summed E-state index contributed by atoms with van der Waals surface area (Å²) >= 11 is 0. The lowest BCUT2D eigenvalue weighted by atomic mass is 9.80. The Morgan fingerprint density at radius 2 is 1.58 bits per heavy atom. The molecule has 0 aromatic heterocycles. The van der Waals surface area contributed by atoms with Crippen LogP contribution in [0.1, 0.15) is 34.7 Å². The number of hydrogen-bond donors (Lipinski definition) is 1. The van der Waals surface area contributed by atoms with Crippen LogP contribution in [0.4, 0.5) is 0 Å². The normalized spacial score (nSPS) is 26.4. The number of likely N-dealkylation sites (tertiary alicyclic amines) is 1. The molecule has 0 radical (unpaired) electrons. The van der Waals surface area contributed by atoms with E-state index in [1.54, 1.807) is 27.4 Å². The van der Waals surface area contributed by atoms with Crippen molar-refractivity contribution in [2.45, 2.75) is 49.7 Å². The zero-order valence-electron chi connectivity index (χ0n) is 26.7. The number of likely N-dealkylation sites (N-methyl/N-ethyl adjacent to an activating group) is 2. The molecular weight excluding hydrogens is 568 g/mol. The molecule has 8 heteroatoms. The van der Waals surface area contributed by atoms with Crippen molar-refractivity contribution in [1.29, 1.82) is 0 Å². The first kappa shape index (κ1) is 29.9. The van der Waals surface area contributed by atoms with Crippen LogP contribution >= 0.6 is 0 Å². The second-order valence-corrected chi connectivity index (χ2v) is 12.6. The topological polar surface area (TPSA) is 72.9 Å². The van der Waals surface area contributed by atoms with Crippen LogP contribution in [0, 0.1) is 0 Å². The first-order valence-electron chi connectivity index (χ1n) is 15.7. The van der Waals surface area contributed by atoms with Gasteiger partial charge in [-0.25, -0.2) is 0 Å². The lowest BCUT2D eigenvalue weighted by molar-refractivity contribution is -0.186. The molecule has 4 atom stereocenters. The number of ether oxygens (including phenoxy) is 5. The van der Waals surface area contributed by atoms with Gasteiger partial charge in [-0.15, -0.1) is 0 Å². The summed E-state index contributed by atoms with van der Waals surface area (Å²) in [4.78, 5) is 4.77. The summed E-state index contributed by atoms with van der Waals surface area (Å²) in [7, 11) is 9.43. The average Bonchev–Trinajstić information content (AvgIpc) is 3.05. The maximum atomic E-state index is 10.7. The number of hydrogen-bond acceptors (Lipinski definition) is 8. The summed E-state index contributed by atoms with van der Waals surface area (Å²) in [6, 6.07) is 18.0. The van der Waals surface area contributed by atoms with Gasteiger partial charge < -0.3 is 28.8 Å². The minimum Gasteiger partial charge on any atom is -0.504 e. The second kappa shape index (κ2) is 11.8. The van der Waals surface area contributed by atoms with Gasteiger partial charge in [-0.1, -0.05) is 18.2 Å². The fraction of sp³-hybridized carbons (Fsp3) is 0.405. The van der Waals surface area contributed by atoms with Gasteiger partial charge in [-0.05, 0) is 110 Å². The Hall–Kier alpha value is -3.82. The maximum absolute atomic E-state index is 10.7. The highest BCUT2D eigenvalue weighted by molar-refractivity contribution is 5.53. The highest BCUT2D eigenvalue weighted by Crippen LogP contribution is 2.46. The van der Waals surface area contributed by atoms with Crippen LogP contribution in [0.2, 0.25) is 0 Å². The van der Waals surface area contributed by atoms with Crippen molar-refractivity contribution in [3.8, 4) is 28.7 Å². The predicted molar refractivity (Wildman–Crippen MR) is 172 cm³/mol. The van der Waals surface area contributed by atoms with E-state index >= 15 is 0 Å². The van der Waals surface area contributed by atoms with E-state index in [9.17, 15) is 5.11 Å². The average molecular weight is 611 g/mol. The van der Waals surface area contributed by atoms with Crippen molar-refractivity contribution in [2.24, 2.45) is 0 Å². The van der Waals surface area contributed by atoms with Crippen LogP contribution in [0.15, 0.2) is 77.9 Å². The van der Waals surface area contributed by atoms with Crippen molar-refractivity contribution in [3.63, 3.8) is 0 Å². The molecule has 1 fully saturated rings. The van der Waals surface area contributed by atoms with Crippen LogP contribution in [0.3, 0.4) is 0 Å². The summed E-state index contributed by atoms with van der Waals surface area (Å²) in [5.41, 5.74) is 7.00. The summed E-state index contributed by atoms with van der Waals surface area (Å²) in [5, 5.41) is 10.7. The molecule has 3 aromatic rings. The molecule has 8 rings (SSSR count). The fourth-order valence-electron chi connectivity index (χ4n) is 7.40. The van der Waals surface area contributed by atoms with Crippen LogP contribution in [0.5, 0.6) is 28.7 Å². The van der Waals surface area contributed by atoms with Crippen molar-refractivity contribution < 1.29 is 28.8 Å². The molecule has 4 aliphatic heterocycles. The molecule has 45 heavy (non-hydrogen) atoms. The summed E-state index contributed by atoms with van der Waals surface area (Å²) < 4.78 is 31.6. The Bertz CT molecular complexity index is 1650. The van der Waals surface area contributed by atoms with Gasteiger partial charge >= 0.3 is 0 Å². The van der Waals surface area contributed by atoms with Gasteiger partial charge in [0.15, 0.2) is 11.5 Å². The molecule has 0 saturated carbocycles. The molecule has 2 unspecified atom stereocenters. The van der Waals surface area contributed by atoms with E-state index in [2.05, 4.69) is 54.2 Å². The molecule has 0 spiro atoms. The number of rotatable bonds is 3. The number of aromatic hydroxyl groups is 1. The van der Waals surface area contributed by atoms with Gasteiger partial charge in [0.1, 0.15) is 23.4 Å². The number of phenols is 1. The summed E-state index contributed by atoms with van der Waals surface area (Å²) in [6.07, 6.45) is 7.14. The van der Waals surface area contributed by atoms with E-state index in [1.165, 1.54) is 16.7 Å². The standard InChI is InChI=1S/C37H42N2O6/c1-38-14-12-25-20-35(42-4)37(43-5)22-29(25)30(38)17-24-8-11-32(40)33(18-24)44-27-9-6-23(7-10-27)16-31-36-26(13-15-39(31)2)19-28(41-3)21-34(36)45-37/h6-11,18-22,30-31,35,40H,12-17H2,1-5H3/t30-,31+,35?,37?/m1/s1. The molecule has 0 amide bonds. The molecule has 1 N–H and O–H groups in total. The van der Waals surface area contributed by atoms with Gasteiger partial charge in [-0.2, -0.15) is 0 Å². The third-order valence-corrected chi connectivity index (χ3v) is 10.0.